The summed E-state index contributed by atoms with van der Waals surface area (Å²) in [6, 6.07) is 6.95. The number of nitrogens with two attached hydrogens (primary N) is 1. The Morgan fingerprint density at radius 2 is 1.86 bits per heavy atom. The van der Waals surface area contributed by atoms with E-state index < -0.39 is 6.04 Å². The van der Waals surface area contributed by atoms with Gasteiger partial charge in [-0.1, -0.05) is 27.2 Å². The molecular formula is C17H29N3O2. The summed E-state index contributed by atoms with van der Waals surface area (Å²) in [5.74, 6) is 0.667. The van der Waals surface area contributed by atoms with Crippen molar-refractivity contribution in [3.8, 4) is 5.75 Å². The zero-order valence-corrected chi connectivity index (χ0v) is 14.0. The first kappa shape index (κ1) is 18.5. The Kier molecular flexibility index (Phi) is 8.55. The average molecular weight is 307 g/mol. The second-order valence-electron chi connectivity index (χ2n) is 5.28. The van der Waals surface area contributed by atoms with Crippen LogP contribution in [0.2, 0.25) is 0 Å². The van der Waals surface area contributed by atoms with Crippen LogP contribution in [0, 0.1) is 0 Å². The second-order valence-corrected chi connectivity index (χ2v) is 5.28. The summed E-state index contributed by atoms with van der Waals surface area (Å²) in [6.07, 6.45) is 1.59. The van der Waals surface area contributed by atoms with Crippen LogP contribution in [0.25, 0.3) is 0 Å². The fraction of sp³-hybridized carbons (Fsp3) is 0.588. The van der Waals surface area contributed by atoms with E-state index in [-0.39, 0.29) is 5.91 Å². The van der Waals surface area contributed by atoms with E-state index in [9.17, 15) is 4.79 Å². The molecule has 0 aliphatic heterocycles. The molecule has 0 radical (unpaired) electrons. The number of ether oxygens (including phenoxy) is 1. The molecular weight excluding hydrogens is 278 g/mol. The molecule has 3 N–H and O–H groups in total. The summed E-state index contributed by atoms with van der Waals surface area (Å²) in [5.41, 5.74) is 6.53. The van der Waals surface area contributed by atoms with Gasteiger partial charge in [-0.3, -0.25) is 4.79 Å². The Morgan fingerprint density at radius 1 is 1.23 bits per heavy atom. The van der Waals surface area contributed by atoms with Crippen molar-refractivity contribution in [1.29, 1.82) is 0 Å². The Hall–Kier alpha value is -1.59. The zero-order valence-electron chi connectivity index (χ0n) is 14.0. The summed E-state index contributed by atoms with van der Waals surface area (Å²) in [4.78, 5) is 14.1. The fourth-order valence-electron chi connectivity index (χ4n) is 2.14. The number of benzene rings is 1. The number of hydrogen-bond donors (Lipinski definition) is 2. The number of likely N-dealkylation sites (N-methyl/N-ethyl adjacent to an activating group) is 1. The van der Waals surface area contributed by atoms with Crippen LogP contribution in [0.4, 0.5) is 5.69 Å². The molecule has 22 heavy (non-hydrogen) atoms. The van der Waals surface area contributed by atoms with Gasteiger partial charge in [0.05, 0.1) is 6.04 Å². The van der Waals surface area contributed by atoms with Gasteiger partial charge in [0.1, 0.15) is 12.4 Å². The number of hydrogen-bond acceptors (Lipinski definition) is 4. The first-order chi connectivity index (χ1) is 10.6. The number of nitrogens with one attached hydrogen (secondary N) is 1. The van der Waals surface area contributed by atoms with Gasteiger partial charge in [-0.05, 0) is 43.8 Å². The van der Waals surface area contributed by atoms with Crippen molar-refractivity contribution in [2.24, 2.45) is 5.73 Å². The van der Waals surface area contributed by atoms with E-state index in [1.807, 2.05) is 31.2 Å². The molecule has 124 valence electrons. The first-order valence-corrected chi connectivity index (χ1v) is 8.12. The van der Waals surface area contributed by atoms with Gasteiger partial charge in [0.25, 0.3) is 0 Å². The maximum Gasteiger partial charge on any atom is 0.241 e. The van der Waals surface area contributed by atoms with Gasteiger partial charge in [0, 0.05) is 12.2 Å². The van der Waals surface area contributed by atoms with Crippen LogP contribution in [-0.2, 0) is 4.79 Å². The standard InChI is InChI=1S/C17H29N3O2/c1-4-7-16(18)17(21)19-14-8-10-15(11-9-14)22-13-12-20(5-2)6-3/h8-11,16H,4-7,12-13,18H2,1-3H3,(H,19,21). The molecule has 5 nitrogen and oxygen atoms in total. The third-order valence-electron chi connectivity index (χ3n) is 3.63. The molecule has 1 aromatic rings. The topological polar surface area (TPSA) is 67.6 Å². The van der Waals surface area contributed by atoms with Crippen molar-refractivity contribution in [3.63, 3.8) is 0 Å². The first-order valence-electron chi connectivity index (χ1n) is 8.12. The van der Waals surface area contributed by atoms with E-state index in [0.717, 1.165) is 37.5 Å². The predicted molar refractivity (Wildman–Crippen MR) is 91.2 cm³/mol. The number of carbonyl (C=O) groups excluding carboxylic acids is 1. The molecule has 0 bridgehead atoms. The Morgan fingerprint density at radius 3 is 2.41 bits per heavy atom. The van der Waals surface area contributed by atoms with Crippen LogP contribution in [0.1, 0.15) is 33.6 Å². The SMILES string of the molecule is CCCC(N)C(=O)Nc1ccc(OCCN(CC)CC)cc1. The van der Waals surface area contributed by atoms with Crippen LogP contribution < -0.4 is 15.8 Å². The molecule has 1 unspecified atom stereocenters. The number of carbonyl (C=O) groups is 1. The molecule has 1 atom stereocenters. The highest BCUT2D eigenvalue weighted by Gasteiger charge is 2.12. The lowest BCUT2D eigenvalue weighted by Gasteiger charge is -2.18. The third-order valence-corrected chi connectivity index (χ3v) is 3.63. The van der Waals surface area contributed by atoms with Crippen molar-refractivity contribution >= 4 is 11.6 Å². The van der Waals surface area contributed by atoms with E-state index in [0.29, 0.717) is 13.0 Å². The lowest BCUT2D eigenvalue weighted by atomic mass is 10.1. The van der Waals surface area contributed by atoms with Crippen LogP contribution in [0.15, 0.2) is 24.3 Å². The summed E-state index contributed by atoms with van der Waals surface area (Å²) < 4.78 is 5.71. The molecule has 1 aromatic carbocycles. The summed E-state index contributed by atoms with van der Waals surface area (Å²) in [6.45, 7) is 9.93. The molecule has 0 saturated heterocycles. The number of nitrogens with zero attached hydrogens (tertiary/aromatic N) is 1. The predicted octanol–water partition coefficient (Wildman–Crippen LogP) is 2.47. The molecule has 0 aromatic heterocycles. The van der Waals surface area contributed by atoms with Crippen molar-refractivity contribution < 1.29 is 9.53 Å². The lowest BCUT2D eigenvalue weighted by molar-refractivity contribution is -0.117. The van der Waals surface area contributed by atoms with Gasteiger partial charge in [-0.15, -0.1) is 0 Å². The van der Waals surface area contributed by atoms with Crippen LogP contribution in [0.5, 0.6) is 5.75 Å². The molecule has 0 saturated carbocycles. The van der Waals surface area contributed by atoms with Crippen LogP contribution in [-0.4, -0.2) is 43.1 Å². The Bertz CT molecular complexity index is 430. The molecule has 1 rings (SSSR count). The minimum Gasteiger partial charge on any atom is -0.492 e. The average Bonchev–Trinajstić information content (AvgIpc) is 2.53. The smallest absolute Gasteiger partial charge is 0.241 e. The van der Waals surface area contributed by atoms with E-state index >= 15 is 0 Å². The minimum absolute atomic E-state index is 0.142. The number of anilines is 1. The monoisotopic (exact) mass is 307 g/mol. The van der Waals surface area contributed by atoms with E-state index in [1.165, 1.54) is 0 Å². The van der Waals surface area contributed by atoms with Crippen LogP contribution in [0.3, 0.4) is 0 Å². The maximum atomic E-state index is 11.8. The second kappa shape index (κ2) is 10.2. The van der Waals surface area contributed by atoms with Crippen molar-refractivity contribution in [2.75, 3.05) is 31.6 Å². The summed E-state index contributed by atoms with van der Waals surface area (Å²) in [7, 11) is 0. The van der Waals surface area contributed by atoms with Gasteiger partial charge in [-0.25, -0.2) is 0 Å². The third kappa shape index (κ3) is 6.45. The number of rotatable bonds is 10. The molecule has 0 heterocycles. The lowest BCUT2D eigenvalue weighted by Crippen LogP contribution is -2.35. The van der Waals surface area contributed by atoms with Gasteiger partial charge in [0.2, 0.25) is 5.91 Å². The number of amides is 1. The maximum absolute atomic E-state index is 11.8. The van der Waals surface area contributed by atoms with Gasteiger partial charge in [-0.2, -0.15) is 0 Å². The molecule has 1 amide bonds. The molecule has 5 heteroatoms. The molecule has 0 aliphatic carbocycles. The quantitative estimate of drug-likeness (QED) is 0.697. The largest absolute Gasteiger partial charge is 0.492 e. The zero-order chi connectivity index (χ0) is 16.4. The van der Waals surface area contributed by atoms with E-state index in [4.69, 9.17) is 10.5 Å². The normalized spacial score (nSPS) is 12.2. The van der Waals surface area contributed by atoms with Crippen molar-refractivity contribution in [2.45, 2.75) is 39.7 Å². The van der Waals surface area contributed by atoms with Crippen molar-refractivity contribution in [1.82, 2.24) is 4.90 Å². The van der Waals surface area contributed by atoms with Gasteiger partial charge in [0.15, 0.2) is 0 Å². The molecule has 0 spiro atoms. The highest BCUT2D eigenvalue weighted by Crippen LogP contribution is 2.16. The van der Waals surface area contributed by atoms with E-state index in [1.54, 1.807) is 0 Å². The Labute approximate surface area is 133 Å². The highest BCUT2D eigenvalue weighted by molar-refractivity contribution is 5.94. The molecule has 0 aliphatic rings. The molecule has 0 fully saturated rings. The summed E-state index contributed by atoms with van der Waals surface area (Å²) in [5, 5.41) is 2.82. The summed E-state index contributed by atoms with van der Waals surface area (Å²) >= 11 is 0. The van der Waals surface area contributed by atoms with Crippen molar-refractivity contribution in [3.05, 3.63) is 24.3 Å². The van der Waals surface area contributed by atoms with Gasteiger partial charge < -0.3 is 20.7 Å². The Balaban J connectivity index is 2.41. The fourth-order valence-corrected chi connectivity index (χ4v) is 2.14. The highest BCUT2D eigenvalue weighted by atomic mass is 16.5. The van der Waals surface area contributed by atoms with E-state index in [2.05, 4.69) is 24.1 Å². The van der Waals surface area contributed by atoms with Gasteiger partial charge >= 0.3 is 0 Å². The van der Waals surface area contributed by atoms with Crippen LogP contribution >= 0.6 is 0 Å². The minimum atomic E-state index is -0.449.